The normalized spacial score (nSPS) is 13.4. The van der Waals surface area contributed by atoms with Crippen LogP contribution in [0.1, 0.15) is 41.0 Å². The van der Waals surface area contributed by atoms with Gasteiger partial charge in [-0.1, -0.05) is 0 Å². The molecule has 0 bridgehead atoms. The summed E-state index contributed by atoms with van der Waals surface area (Å²) in [5.74, 6) is 0.238. The number of rotatable bonds is 6. The Labute approximate surface area is 203 Å². The largest absolute Gasteiger partial charge is 0.513 e. The fraction of sp³-hybridized carbons (Fsp3) is 0.360. The molecular weight excluding hydrogens is 456 g/mol. The number of hydrogen-bond acceptors (Lipinski definition) is 8. The molecule has 1 aliphatic heterocycles. The van der Waals surface area contributed by atoms with Gasteiger partial charge >= 0.3 is 12.3 Å². The predicted molar refractivity (Wildman–Crippen MR) is 125 cm³/mol. The summed E-state index contributed by atoms with van der Waals surface area (Å²) >= 11 is 0. The summed E-state index contributed by atoms with van der Waals surface area (Å²) in [7, 11) is 0. The average Bonchev–Trinajstić information content (AvgIpc) is 3.11. The first-order valence-corrected chi connectivity index (χ1v) is 11.4. The van der Waals surface area contributed by atoms with Crippen LogP contribution >= 0.6 is 0 Å². The molecule has 2 aromatic rings. The van der Waals surface area contributed by atoms with Crippen LogP contribution in [-0.2, 0) is 9.47 Å². The number of benzene rings is 2. The van der Waals surface area contributed by atoms with Crippen LogP contribution in [0.4, 0.5) is 9.59 Å². The first-order valence-electron chi connectivity index (χ1n) is 11.4. The Morgan fingerprint density at radius 1 is 0.629 bits per heavy atom. The first-order chi connectivity index (χ1) is 16.9. The lowest BCUT2D eigenvalue weighted by Gasteiger charge is -2.22. The van der Waals surface area contributed by atoms with Gasteiger partial charge in [-0.05, 0) is 68.8 Å². The third-order valence-electron chi connectivity index (χ3n) is 5.20. The quantitative estimate of drug-likeness (QED) is 0.450. The summed E-state index contributed by atoms with van der Waals surface area (Å²) in [6, 6.07) is 12.5. The molecule has 1 saturated heterocycles. The van der Waals surface area contributed by atoms with Crippen molar-refractivity contribution in [1.82, 2.24) is 9.80 Å². The topological polar surface area (TPSA) is 112 Å². The number of nitrogens with zero attached hydrogens (tertiary/aromatic N) is 2. The molecule has 0 saturated carbocycles. The van der Waals surface area contributed by atoms with Gasteiger partial charge in [0, 0.05) is 37.3 Å². The number of ether oxygens (including phenoxy) is 4. The van der Waals surface area contributed by atoms with Crippen LogP contribution in [0.3, 0.4) is 0 Å². The summed E-state index contributed by atoms with van der Waals surface area (Å²) in [6.07, 6.45) is -0.971. The molecule has 1 heterocycles. The van der Waals surface area contributed by atoms with Gasteiger partial charge in [-0.25, -0.2) is 9.59 Å². The van der Waals surface area contributed by atoms with Gasteiger partial charge in [-0.2, -0.15) is 0 Å². The molecule has 10 nitrogen and oxygen atoms in total. The minimum Gasteiger partial charge on any atom is -0.434 e. The Morgan fingerprint density at radius 2 is 1.00 bits per heavy atom. The SMILES string of the molecule is CCOC(=O)Oc1ccc(C(=O)N2CCCN(C(=O)c3ccc(OC(=O)OCC)cc3)CC2)cc1. The fourth-order valence-corrected chi connectivity index (χ4v) is 3.51. The Morgan fingerprint density at radius 3 is 1.34 bits per heavy atom. The first kappa shape index (κ1) is 25.5. The summed E-state index contributed by atoms with van der Waals surface area (Å²) in [6.45, 7) is 5.56. The van der Waals surface area contributed by atoms with E-state index in [1.165, 1.54) is 24.3 Å². The average molecular weight is 485 g/mol. The van der Waals surface area contributed by atoms with Gasteiger partial charge in [0.1, 0.15) is 11.5 Å². The van der Waals surface area contributed by atoms with Crippen molar-refractivity contribution in [3.8, 4) is 11.5 Å². The van der Waals surface area contributed by atoms with E-state index in [1.54, 1.807) is 47.9 Å². The van der Waals surface area contributed by atoms with Gasteiger partial charge < -0.3 is 28.7 Å². The summed E-state index contributed by atoms with van der Waals surface area (Å²) < 4.78 is 19.5. The molecule has 2 aromatic carbocycles. The van der Waals surface area contributed by atoms with E-state index in [0.717, 1.165) is 0 Å². The molecule has 0 spiro atoms. The van der Waals surface area contributed by atoms with Crippen molar-refractivity contribution >= 4 is 24.1 Å². The Bertz CT molecular complexity index is 953. The summed E-state index contributed by atoms with van der Waals surface area (Å²) in [4.78, 5) is 52.1. The third-order valence-corrected chi connectivity index (χ3v) is 5.20. The molecule has 3 rings (SSSR count). The fourth-order valence-electron chi connectivity index (χ4n) is 3.51. The second-order valence-electron chi connectivity index (χ2n) is 7.56. The molecule has 1 aliphatic rings. The molecule has 0 aromatic heterocycles. The number of carbonyl (C=O) groups excluding carboxylic acids is 4. The van der Waals surface area contributed by atoms with Crippen LogP contribution in [-0.4, -0.2) is 73.3 Å². The second-order valence-corrected chi connectivity index (χ2v) is 7.56. The van der Waals surface area contributed by atoms with Gasteiger partial charge in [0.25, 0.3) is 11.8 Å². The molecule has 0 N–H and O–H groups in total. The van der Waals surface area contributed by atoms with Gasteiger partial charge in [-0.15, -0.1) is 0 Å². The van der Waals surface area contributed by atoms with Crippen LogP contribution in [0, 0.1) is 0 Å². The Hall–Kier alpha value is -4.08. The molecule has 186 valence electrons. The molecule has 35 heavy (non-hydrogen) atoms. The van der Waals surface area contributed by atoms with Crippen LogP contribution in [0.5, 0.6) is 11.5 Å². The second kappa shape index (κ2) is 12.4. The van der Waals surface area contributed by atoms with Gasteiger partial charge in [-0.3, -0.25) is 9.59 Å². The number of hydrogen-bond donors (Lipinski definition) is 0. The molecule has 0 aliphatic carbocycles. The number of carbonyl (C=O) groups is 4. The maximum absolute atomic E-state index is 12.9. The monoisotopic (exact) mass is 484 g/mol. The lowest BCUT2D eigenvalue weighted by molar-refractivity contribution is 0.0718. The van der Waals surface area contributed by atoms with Crippen molar-refractivity contribution < 1.29 is 38.1 Å². The molecule has 10 heteroatoms. The maximum Gasteiger partial charge on any atom is 0.513 e. The van der Waals surface area contributed by atoms with E-state index >= 15 is 0 Å². The Balaban J connectivity index is 1.55. The van der Waals surface area contributed by atoms with E-state index < -0.39 is 12.3 Å². The molecular formula is C25H28N2O8. The molecule has 0 atom stereocenters. The van der Waals surface area contributed by atoms with E-state index in [0.29, 0.717) is 43.7 Å². The Kier molecular flexibility index (Phi) is 9.05. The van der Waals surface area contributed by atoms with Crippen molar-refractivity contribution in [2.45, 2.75) is 20.3 Å². The minimum atomic E-state index is -0.801. The smallest absolute Gasteiger partial charge is 0.434 e. The van der Waals surface area contributed by atoms with E-state index in [-0.39, 0.29) is 36.5 Å². The zero-order chi connectivity index (χ0) is 25.2. The van der Waals surface area contributed by atoms with Gasteiger partial charge in [0.05, 0.1) is 13.2 Å². The molecule has 2 amide bonds. The van der Waals surface area contributed by atoms with Crippen LogP contribution in [0.2, 0.25) is 0 Å². The standard InChI is InChI=1S/C25H28N2O8/c1-3-32-24(30)34-20-10-6-18(7-11-20)22(28)26-14-5-15-27(17-16-26)23(29)19-8-12-21(13-9-19)35-25(31)33-4-2/h6-13H,3-5,14-17H2,1-2H3. The molecule has 0 unspecified atom stereocenters. The van der Waals surface area contributed by atoms with Crippen LogP contribution in [0.15, 0.2) is 48.5 Å². The van der Waals surface area contributed by atoms with Crippen molar-refractivity contribution in [2.75, 3.05) is 39.4 Å². The van der Waals surface area contributed by atoms with Gasteiger partial charge in [0.2, 0.25) is 0 Å². The maximum atomic E-state index is 12.9. The molecule has 0 radical (unpaired) electrons. The summed E-state index contributed by atoms with van der Waals surface area (Å²) in [5, 5.41) is 0. The van der Waals surface area contributed by atoms with Crippen molar-refractivity contribution in [3.05, 3.63) is 59.7 Å². The van der Waals surface area contributed by atoms with E-state index in [9.17, 15) is 19.2 Å². The van der Waals surface area contributed by atoms with Crippen molar-refractivity contribution in [1.29, 1.82) is 0 Å². The van der Waals surface area contributed by atoms with Crippen LogP contribution in [0.25, 0.3) is 0 Å². The van der Waals surface area contributed by atoms with E-state index in [4.69, 9.17) is 18.9 Å². The molecule has 1 fully saturated rings. The highest BCUT2D eigenvalue weighted by molar-refractivity contribution is 5.95. The highest BCUT2D eigenvalue weighted by atomic mass is 16.7. The van der Waals surface area contributed by atoms with E-state index in [1.807, 2.05) is 0 Å². The zero-order valence-electron chi connectivity index (χ0n) is 19.7. The van der Waals surface area contributed by atoms with E-state index in [2.05, 4.69) is 0 Å². The third kappa shape index (κ3) is 7.20. The predicted octanol–water partition coefficient (Wildman–Crippen LogP) is 3.75. The van der Waals surface area contributed by atoms with Crippen LogP contribution < -0.4 is 9.47 Å². The van der Waals surface area contributed by atoms with Crippen molar-refractivity contribution in [2.24, 2.45) is 0 Å². The zero-order valence-corrected chi connectivity index (χ0v) is 19.7. The lowest BCUT2D eigenvalue weighted by Crippen LogP contribution is -2.37. The highest BCUT2D eigenvalue weighted by Crippen LogP contribution is 2.18. The number of amides is 2. The minimum absolute atomic E-state index is 0.164. The van der Waals surface area contributed by atoms with Gasteiger partial charge in [0.15, 0.2) is 0 Å². The summed E-state index contributed by atoms with van der Waals surface area (Å²) in [5.41, 5.74) is 0.913. The highest BCUT2D eigenvalue weighted by Gasteiger charge is 2.24. The van der Waals surface area contributed by atoms with Crippen molar-refractivity contribution in [3.63, 3.8) is 0 Å². The lowest BCUT2D eigenvalue weighted by atomic mass is 10.2.